The SMILES string of the molecule is CC(O)C/C=C/CC(C)O. The van der Waals surface area contributed by atoms with Gasteiger partial charge >= 0.3 is 0 Å². The van der Waals surface area contributed by atoms with Gasteiger partial charge in [0.25, 0.3) is 0 Å². The van der Waals surface area contributed by atoms with Crippen LogP contribution in [0, 0.1) is 0 Å². The molecular formula is C8H16O2. The van der Waals surface area contributed by atoms with E-state index in [9.17, 15) is 0 Å². The molecule has 0 aliphatic rings. The van der Waals surface area contributed by atoms with Crippen molar-refractivity contribution in [1.82, 2.24) is 0 Å². The predicted octanol–water partition coefficient (Wildman–Crippen LogP) is 1.08. The smallest absolute Gasteiger partial charge is 0.0546 e. The molecule has 0 aromatic heterocycles. The number of rotatable bonds is 4. The lowest BCUT2D eigenvalue weighted by molar-refractivity contribution is 0.194. The average molecular weight is 144 g/mol. The van der Waals surface area contributed by atoms with E-state index in [0.29, 0.717) is 12.8 Å². The van der Waals surface area contributed by atoms with Crippen LogP contribution in [0.4, 0.5) is 0 Å². The standard InChI is InChI=1S/C8H16O2/c1-7(9)5-3-4-6-8(2)10/h3-4,7-10H,5-6H2,1-2H3/b4-3+. The third-order valence-corrected chi connectivity index (χ3v) is 1.12. The van der Waals surface area contributed by atoms with Crippen molar-refractivity contribution in [2.24, 2.45) is 0 Å². The maximum Gasteiger partial charge on any atom is 0.0546 e. The maximum absolute atomic E-state index is 8.80. The molecule has 0 spiro atoms. The zero-order valence-corrected chi connectivity index (χ0v) is 6.62. The quantitative estimate of drug-likeness (QED) is 0.580. The molecule has 60 valence electrons. The van der Waals surface area contributed by atoms with E-state index in [-0.39, 0.29) is 12.2 Å². The highest BCUT2D eigenvalue weighted by Gasteiger charge is 1.90. The van der Waals surface area contributed by atoms with Gasteiger partial charge in [-0.1, -0.05) is 12.2 Å². The monoisotopic (exact) mass is 144 g/mol. The van der Waals surface area contributed by atoms with Gasteiger partial charge < -0.3 is 10.2 Å². The Morgan fingerprint density at radius 2 is 1.30 bits per heavy atom. The summed E-state index contributed by atoms with van der Waals surface area (Å²) in [5.74, 6) is 0. The molecule has 0 saturated heterocycles. The van der Waals surface area contributed by atoms with Crippen LogP contribution < -0.4 is 0 Å². The second kappa shape index (κ2) is 5.45. The van der Waals surface area contributed by atoms with Crippen molar-refractivity contribution < 1.29 is 10.2 Å². The first-order valence-corrected chi connectivity index (χ1v) is 3.64. The normalized spacial score (nSPS) is 17.6. The minimum Gasteiger partial charge on any atom is -0.393 e. The third kappa shape index (κ3) is 7.66. The van der Waals surface area contributed by atoms with Crippen LogP contribution in [0.1, 0.15) is 26.7 Å². The van der Waals surface area contributed by atoms with Gasteiger partial charge in [-0.05, 0) is 26.7 Å². The van der Waals surface area contributed by atoms with E-state index >= 15 is 0 Å². The van der Waals surface area contributed by atoms with Crippen LogP contribution in [0.2, 0.25) is 0 Å². The minimum atomic E-state index is -0.273. The zero-order valence-electron chi connectivity index (χ0n) is 6.62. The summed E-state index contributed by atoms with van der Waals surface area (Å²) in [6.07, 6.45) is 4.57. The minimum absolute atomic E-state index is 0.273. The molecule has 0 rings (SSSR count). The first kappa shape index (κ1) is 9.66. The average Bonchev–Trinajstić information content (AvgIpc) is 1.79. The lowest BCUT2D eigenvalue weighted by Gasteiger charge is -1.98. The lowest BCUT2D eigenvalue weighted by Crippen LogP contribution is -1.97. The first-order chi connectivity index (χ1) is 4.63. The van der Waals surface area contributed by atoms with E-state index in [1.54, 1.807) is 13.8 Å². The summed E-state index contributed by atoms with van der Waals surface area (Å²) in [5.41, 5.74) is 0. The van der Waals surface area contributed by atoms with Crippen LogP contribution in [0.25, 0.3) is 0 Å². The van der Waals surface area contributed by atoms with Gasteiger partial charge in [-0.15, -0.1) is 0 Å². The van der Waals surface area contributed by atoms with Gasteiger partial charge in [0.05, 0.1) is 12.2 Å². The molecule has 0 saturated carbocycles. The second-order valence-electron chi connectivity index (χ2n) is 2.64. The largest absolute Gasteiger partial charge is 0.393 e. The van der Waals surface area contributed by atoms with Gasteiger partial charge in [0.15, 0.2) is 0 Å². The van der Waals surface area contributed by atoms with Crippen molar-refractivity contribution in [1.29, 1.82) is 0 Å². The number of hydrogen-bond acceptors (Lipinski definition) is 2. The Morgan fingerprint density at radius 3 is 1.50 bits per heavy atom. The number of aliphatic hydroxyl groups is 2. The Balaban J connectivity index is 3.20. The Hall–Kier alpha value is -0.340. The molecular weight excluding hydrogens is 128 g/mol. The van der Waals surface area contributed by atoms with Gasteiger partial charge in [0.2, 0.25) is 0 Å². The summed E-state index contributed by atoms with van der Waals surface area (Å²) < 4.78 is 0. The molecule has 0 heterocycles. The van der Waals surface area contributed by atoms with Crippen LogP contribution >= 0.6 is 0 Å². The molecule has 0 aromatic carbocycles. The van der Waals surface area contributed by atoms with E-state index in [4.69, 9.17) is 10.2 Å². The van der Waals surface area contributed by atoms with E-state index in [0.717, 1.165) is 0 Å². The van der Waals surface area contributed by atoms with Crippen molar-refractivity contribution >= 4 is 0 Å². The lowest BCUT2D eigenvalue weighted by atomic mass is 10.2. The van der Waals surface area contributed by atoms with E-state index in [1.807, 2.05) is 12.2 Å². The number of aliphatic hydroxyl groups excluding tert-OH is 2. The van der Waals surface area contributed by atoms with Gasteiger partial charge in [-0.3, -0.25) is 0 Å². The zero-order chi connectivity index (χ0) is 7.98. The molecule has 0 aromatic rings. The summed E-state index contributed by atoms with van der Waals surface area (Å²) in [6, 6.07) is 0. The summed E-state index contributed by atoms with van der Waals surface area (Å²) in [6.45, 7) is 3.49. The number of hydrogen-bond donors (Lipinski definition) is 2. The van der Waals surface area contributed by atoms with Crippen molar-refractivity contribution in [2.45, 2.75) is 38.9 Å². The van der Waals surface area contributed by atoms with Crippen LogP contribution in [-0.2, 0) is 0 Å². The van der Waals surface area contributed by atoms with E-state index < -0.39 is 0 Å². The van der Waals surface area contributed by atoms with Crippen LogP contribution in [0.5, 0.6) is 0 Å². The Morgan fingerprint density at radius 1 is 1.00 bits per heavy atom. The molecule has 2 heteroatoms. The molecule has 0 aliphatic carbocycles. The van der Waals surface area contributed by atoms with Crippen LogP contribution in [0.3, 0.4) is 0 Å². The molecule has 0 bridgehead atoms. The fourth-order valence-corrected chi connectivity index (χ4v) is 0.586. The fraction of sp³-hybridized carbons (Fsp3) is 0.750. The van der Waals surface area contributed by atoms with Gasteiger partial charge in [-0.2, -0.15) is 0 Å². The second-order valence-corrected chi connectivity index (χ2v) is 2.64. The molecule has 10 heavy (non-hydrogen) atoms. The van der Waals surface area contributed by atoms with Crippen molar-refractivity contribution in [2.75, 3.05) is 0 Å². The summed E-state index contributed by atoms with van der Waals surface area (Å²) >= 11 is 0. The van der Waals surface area contributed by atoms with E-state index in [2.05, 4.69) is 0 Å². The van der Waals surface area contributed by atoms with Crippen molar-refractivity contribution in [3.05, 3.63) is 12.2 Å². The Kier molecular flexibility index (Phi) is 5.26. The van der Waals surface area contributed by atoms with Crippen LogP contribution in [-0.4, -0.2) is 22.4 Å². The highest BCUT2D eigenvalue weighted by molar-refractivity contribution is 4.84. The maximum atomic E-state index is 8.80. The molecule has 2 nitrogen and oxygen atoms in total. The molecule has 2 atom stereocenters. The molecule has 0 aliphatic heterocycles. The molecule has 0 radical (unpaired) electrons. The van der Waals surface area contributed by atoms with Gasteiger partial charge in [0, 0.05) is 0 Å². The molecule has 0 fully saturated rings. The summed E-state index contributed by atoms with van der Waals surface area (Å²) in [7, 11) is 0. The van der Waals surface area contributed by atoms with Crippen molar-refractivity contribution in [3.8, 4) is 0 Å². The van der Waals surface area contributed by atoms with Gasteiger partial charge in [-0.25, -0.2) is 0 Å². The molecule has 0 amide bonds. The summed E-state index contributed by atoms with van der Waals surface area (Å²) in [5, 5.41) is 17.6. The Labute approximate surface area is 62.2 Å². The highest BCUT2D eigenvalue weighted by Crippen LogP contribution is 1.95. The topological polar surface area (TPSA) is 40.5 Å². The predicted molar refractivity (Wildman–Crippen MR) is 41.7 cm³/mol. The van der Waals surface area contributed by atoms with Crippen molar-refractivity contribution in [3.63, 3.8) is 0 Å². The first-order valence-electron chi connectivity index (χ1n) is 3.64. The van der Waals surface area contributed by atoms with Gasteiger partial charge in [0.1, 0.15) is 0 Å². The molecule has 2 unspecified atom stereocenters. The third-order valence-electron chi connectivity index (χ3n) is 1.12. The highest BCUT2D eigenvalue weighted by atomic mass is 16.3. The summed E-state index contributed by atoms with van der Waals surface area (Å²) in [4.78, 5) is 0. The Bertz CT molecular complexity index is 83.4. The fourth-order valence-electron chi connectivity index (χ4n) is 0.586. The molecule has 2 N–H and O–H groups in total. The van der Waals surface area contributed by atoms with E-state index in [1.165, 1.54) is 0 Å². The van der Waals surface area contributed by atoms with Crippen LogP contribution in [0.15, 0.2) is 12.2 Å².